The first kappa shape index (κ1) is 24.8. The minimum absolute atomic E-state index is 0.0537. The molecular weight excluding hydrogens is 568 g/mol. The van der Waals surface area contributed by atoms with Crippen LogP contribution < -0.4 is 9.30 Å². The zero-order chi connectivity index (χ0) is 34.3. The number of para-hydroxylation sites is 4. The Balaban J connectivity index is 1.23. The second-order valence-electron chi connectivity index (χ2n) is 13.3. The van der Waals surface area contributed by atoms with Gasteiger partial charge in [-0.1, -0.05) is 69.3 Å². The molecule has 0 fully saturated rings. The maximum Gasteiger partial charge on any atom is 0.221 e. The van der Waals surface area contributed by atoms with Crippen molar-refractivity contribution in [1.82, 2.24) is 23.5 Å². The fraction of sp³-hybridized carbons (Fsp3) is 0.205. The van der Waals surface area contributed by atoms with E-state index in [0.717, 1.165) is 44.7 Å². The second kappa shape index (κ2) is 10.0. The Morgan fingerprint density at radius 1 is 0.739 bits per heavy atom. The van der Waals surface area contributed by atoms with Crippen LogP contribution in [0.3, 0.4) is 0 Å². The first-order valence-electron chi connectivity index (χ1n) is 16.9. The molecule has 0 spiro atoms. The summed E-state index contributed by atoms with van der Waals surface area (Å²) in [7, 11) is 0. The van der Waals surface area contributed by atoms with Gasteiger partial charge in [0, 0.05) is 28.9 Å². The minimum Gasteiger partial charge on any atom is -0.457 e. The molecule has 0 N–H and O–H groups in total. The van der Waals surface area contributed by atoms with Gasteiger partial charge in [0.1, 0.15) is 22.9 Å². The zero-order valence-corrected chi connectivity index (χ0v) is 26.5. The normalized spacial score (nSPS) is 13.8. The molecule has 0 atom stereocenters. The lowest BCUT2D eigenvalue weighted by molar-refractivity contribution is -0.650. The average Bonchev–Trinajstić information content (AvgIpc) is 3.74. The van der Waals surface area contributed by atoms with Crippen molar-refractivity contribution in [3.8, 4) is 17.3 Å². The van der Waals surface area contributed by atoms with Gasteiger partial charge in [0.25, 0.3) is 0 Å². The summed E-state index contributed by atoms with van der Waals surface area (Å²) in [5.74, 6) is 2.89. The summed E-state index contributed by atoms with van der Waals surface area (Å²) in [4.78, 5) is 9.85. The van der Waals surface area contributed by atoms with Crippen LogP contribution in [0.2, 0.25) is 0 Å². The van der Waals surface area contributed by atoms with Gasteiger partial charge < -0.3 is 13.9 Å². The third-order valence-corrected chi connectivity index (χ3v) is 8.91. The Morgan fingerprint density at radius 2 is 1.52 bits per heavy atom. The van der Waals surface area contributed by atoms with Crippen LogP contribution in [0.15, 0.2) is 109 Å². The summed E-state index contributed by atoms with van der Waals surface area (Å²) in [6, 6.07) is 33.8. The van der Waals surface area contributed by atoms with Crippen LogP contribution in [0, 0.1) is 6.33 Å². The van der Waals surface area contributed by atoms with Crippen LogP contribution in [-0.2, 0) is 17.9 Å². The molecule has 4 aromatic carbocycles. The molecule has 0 aliphatic rings. The maximum absolute atomic E-state index is 8.09. The van der Waals surface area contributed by atoms with Crippen molar-refractivity contribution in [2.24, 2.45) is 6.98 Å². The Morgan fingerprint density at radius 3 is 2.35 bits per heavy atom. The summed E-state index contributed by atoms with van der Waals surface area (Å²) in [5, 5.41) is 0. The lowest BCUT2D eigenvalue weighted by atomic mass is 9.88. The molecule has 228 valence electrons. The second-order valence-corrected chi connectivity index (χ2v) is 13.3. The summed E-state index contributed by atoms with van der Waals surface area (Å²) < 4.78 is 38.2. The highest BCUT2D eigenvalue weighted by atomic mass is 16.5. The molecule has 0 radical (unpaired) electrons. The van der Waals surface area contributed by atoms with Gasteiger partial charge in [0.2, 0.25) is 12.1 Å². The van der Waals surface area contributed by atoms with Crippen LogP contribution in [0.5, 0.6) is 11.5 Å². The Hall–Kier alpha value is -5.43. The van der Waals surface area contributed by atoms with Crippen LogP contribution in [0.4, 0.5) is 0 Å². The van der Waals surface area contributed by atoms with E-state index in [-0.39, 0.29) is 5.41 Å². The van der Waals surface area contributed by atoms with Gasteiger partial charge in [-0.05, 0) is 73.4 Å². The van der Waals surface area contributed by atoms with Crippen molar-refractivity contribution >= 4 is 38.9 Å². The number of pyridine rings is 1. The topological polar surface area (TPSA) is 53.2 Å². The van der Waals surface area contributed by atoms with E-state index in [1.165, 1.54) is 10.1 Å². The molecule has 0 saturated heterocycles. The number of imidazole rings is 3. The molecule has 8 aromatic rings. The minimum atomic E-state index is -2.36. The van der Waals surface area contributed by atoms with Crippen LogP contribution in [-0.4, -0.2) is 23.5 Å². The number of hydrogen-bond acceptors (Lipinski definition) is 3. The first-order valence-corrected chi connectivity index (χ1v) is 15.4. The highest BCUT2D eigenvalue weighted by Gasteiger charge is 2.27. The van der Waals surface area contributed by atoms with E-state index >= 15 is 0 Å². The van der Waals surface area contributed by atoms with Crippen molar-refractivity contribution in [2.75, 3.05) is 0 Å². The van der Waals surface area contributed by atoms with Gasteiger partial charge in [-0.15, -0.1) is 0 Å². The fourth-order valence-corrected chi connectivity index (χ4v) is 6.36. The average molecular weight is 608 g/mol. The highest BCUT2D eigenvalue weighted by Crippen LogP contribution is 2.35. The van der Waals surface area contributed by atoms with E-state index in [1.54, 1.807) is 0 Å². The van der Waals surface area contributed by atoms with Gasteiger partial charge in [0.15, 0.2) is 0 Å². The highest BCUT2D eigenvalue weighted by molar-refractivity contribution is 5.92. The first-order chi connectivity index (χ1) is 23.3. The molecule has 7 heteroatoms. The fourth-order valence-electron chi connectivity index (χ4n) is 6.36. The van der Waals surface area contributed by atoms with Gasteiger partial charge in [-0.3, -0.25) is 8.97 Å². The number of hydrogen-bond donors (Lipinski definition) is 0. The van der Waals surface area contributed by atoms with Crippen LogP contribution in [0.1, 0.15) is 49.9 Å². The van der Waals surface area contributed by atoms with E-state index < -0.39 is 12.5 Å². The molecule has 8 rings (SSSR count). The van der Waals surface area contributed by atoms with E-state index in [0.29, 0.717) is 17.0 Å². The van der Waals surface area contributed by atoms with E-state index in [2.05, 4.69) is 74.2 Å². The number of aryl methyl sites for hydroxylation is 1. The summed E-state index contributed by atoms with van der Waals surface area (Å²) in [6.07, 6.45) is 4.99. The predicted molar refractivity (Wildman–Crippen MR) is 183 cm³/mol. The Labute approximate surface area is 272 Å². The molecule has 0 unspecified atom stereocenters. The molecule has 4 aromatic heterocycles. The quantitative estimate of drug-likeness (QED) is 0.146. The summed E-state index contributed by atoms with van der Waals surface area (Å²) >= 11 is 0. The summed E-state index contributed by atoms with van der Waals surface area (Å²) in [6.45, 7) is 8.33. The zero-order valence-electron chi connectivity index (χ0n) is 29.5. The lowest BCUT2D eigenvalue weighted by Gasteiger charge is -2.27. The van der Waals surface area contributed by atoms with Crippen molar-refractivity contribution in [3.05, 3.63) is 127 Å². The SMILES string of the molecule is [2H]C([2H])([2H])[n+]1[c-]n(C(C)(C)c2cccc(Oc3ccc4c(c3)n(-c3cc(C(C)(C)C)ccn3)c3nc5ccccc5n43)c2)c2ccccc21. The van der Waals surface area contributed by atoms with Crippen molar-refractivity contribution < 1.29 is 13.4 Å². The largest absolute Gasteiger partial charge is 0.457 e. The van der Waals surface area contributed by atoms with Crippen molar-refractivity contribution in [1.29, 1.82) is 0 Å². The van der Waals surface area contributed by atoms with Crippen LogP contribution >= 0.6 is 0 Å². The van der Waals surface area contributed by atoms with Crippen molar-refractivity contribution in [3.63, 3.8) is 0 Å². The number of aromatic nitrogens is 6. The standard InChI is InChI=1S/C39H36N6O/c1-38(2,3)26-20-21-40-36(23-26)45-35-24-29(18-19-34(35)44-31-15-8-7-14-30(31)41-37(44)45)46-28-13-11-12-27(22-28)39(4,5)43-25-42(6)32-16-9-10-17-33(32)43/h7-24H,1-6H3/i6D3. The number of benzene rings is 4. The van der Waals surface area contributed by atoms with Gasteiger partial charge in [-0.2, -0.15) is 0 Å². The molecule has 0 aliphatic carbocycles. The smallest absolute Gasteiger partial charge is 0.221 e. The monoisotopic (exact) mass is 607 g/mol. The number of ether oxygens (including phenoxy) is 1. The van der Waals surface area contributed by atoms with Gasteiger partial charge >= 0.3 is 0 Å². The predicted octanol–water partition coefficient (Wildman–Crippen LogP) is 8.28. The molecule has 4 heterocycles. The molecular formula is C39H36N6O. The van der Waals surface area contributed by atoms with Gasteiger partial charge in [-0.25, -0.2) is 9.97 Å². The maximum atomic E-state index is 8.09. The Kier molecular flexibility index (Phi) is 5.42. The summed E-state index contributed by atoms with van der Waals surface area (Å²) in [5.41, 5.74) is 6.64. The third-order valence-electron chi connectivity index (χ3n) is 8.91. The number of fused-ring (bicyclic) bond motifs is 6. The van der Waals surface area contributed by atoms with E-state index in [1.807, 2.05) is 89.6 Å². The molecule has 0 bridgehead atoms. The molecule has 0 saturated carbocycles. The van der Waals surface area contributed by atoms with E-state index in [4.69, 9.17) is 18.8 Å². The molecule has 0 amide bonds. The van der Waals surface area contributed by atoms with Crippen molar-refractivity contribution in [2.45, 2.75) is 45.6 Å². The molecule has 46 heavy (non-hydrogen) atoms. The number of rotatable bonds is 5. The van der Waals surface area contributed by atoms with E-state index in [9.17, 15) is 0 Å². The lowest BCUT2D eigenvalue weighted by Crippen LogP contribution is -2.31. The third kappa shape index (κ3) is 4.37. The molecule has 7 nitrogen and oxygen atoms in total. The van der Waals surface area contributed by atoms with Crippen LogP contribution in [0.25, 0.3) is 44.7 Å². The van der Waals surface area contributed by atoms with Gasteiger partial charge in [0.05, 0.1) is 33.2 Å². The Bertz CT molecular complexity index is 2550. The molecule has 0 aliphatic heterocycles. The number of nitrogens with zero attached hydrogens (tertiary/aromatic N) is 6.